The number of rotatable bonds is 2. The summed E-state index contributed by atoms with van der Waals surface area (Å²) in [6.07, 6.45) is 0. The minimum atomic E-state index is 0.349. The van der Waals surface area contributed by atoms with Crippen molar-refractivity contribution in [2.45, 2.75) is 0 Å². The summed E-state index contributed by atoms with van der Waals surface area (Å²) in [5.74, 6) is 1.04. The van der Waals surface area contributed by atoms with Gasteiger partial charge in [0, 0.05) is 14.1 Å². The second-order valence-corrected chi connectivity index (χ2v) is 2.68. The van der Waals surface area contributed by atoms with E-state index in [1.165, 1.54) is 0 Å². The van der Waals surface area contributed by atoms with E-state index in [1.807, 2.05) is 14.1 Å². The minimum Gasteiger partial charge on any atom is -0.396 e. The van der Waals surface area contributed by atoms with E-state index >= 15 is 0 Å². The molecule has 5 heteroatoms. The van der Waals surface area contributed by atoms with E-state index in [4.69, 9.17) is 11.5 Å². The van der Waals surface area contributed by atoms with E-state index in [-0.39, 0.29) is 0 Å². The van der Waals surface area contributed by atoms with Gasteiger partial charge in [0.2, 0.25) is 0 Å². The van der Waals surface area contributed by atoms with E-state index in [2.05, 4.69) is 10.4 Å². The van der Waals surface area contributed by atoms with Crippen LogP contribution in [0.15, 0.2) is 12.1 Å². The molecule has 0 saturated carbocycles. The van der Waals surface area contributed by atoms with Crippen molar-refractivity contribution in [2.75, 3.05) is 31.0 Å². The fourth-order valence-electron chi connectivity index (χ4n) is 0.777. The first-order valence-electron chi connectivity index (χ1n) is 3.55. The van der Waals surface area contributed by atoms with Crippen LogP contribution < -0.4 is 16.9 Å². The lowest BCUT2D eigenvalue weighted by Crippen LogP contribution is -2.20. The number of nitrogens with two attached hydrogens (primary N) is 2. The Morgan fingerprint density at radius 3 is 2.50 bits per heavy atom. The summed E-state index contributed by atoms with van der Waals surface area (Å²) in [7, 11) is 3.74. The Bertz CT molecular complexity index is 270. The van der Waals surface area contributed by atoms with Crippen LogP contribution in [0.2, 0.25) is 0 Å². The van der Waals surface area contributed by atoms with Gasteiger partial charge in [-0.15, -0.1) is 0 Å². The van der Waals surface area contributed by atoms with Gasteiger partial charge < -0.3 is 16.9 Å². The van der Waals surface area contributed by atoms with Crippen LogP contribution in [0.25, 0.3) is 0 Å². The molecule has 1 rings (SSSR count). The summed E-state index contributed by atoms with van der Waals surface area (Å²) in [4.78, 5) is 4.01. The SMILES string of the molecule is CN(C)Nc1ccc(N)c(N)n1. The summed E-state index contributed by atoms with van der Waals surface area (Å²) in [5.41, 5.74) is 14.5. The quantitative estimate of drug-likeness (QED) is 0.546. The molecule has 0 aliphatic carbocycles. The third-order valence-electron chi connectivity index (χ3n) is 1.30. The van der Waals surface area contributed by atoms with E-state index in [0.29, 0.717) is 17.3 Å². The van der Waals surface area contributed by atoms with Crippen LogP contribution in [-0.2, 0) is 0 Å². The fourth-order valence-corrected chi connectivity index (χ4v) is 0.777. The predicted molar refractivity (Wildman–Crippen MR) is 50.4 cm³/mol. The molecule has 66 valence electrons. The van der Waals surface area contributed by atoms with Gasteiger partial charge in [-0.2, -0.15) is 0 Å². The number of nitrogens with one attached hydrogen (secondary N) is 1. The molecule has 5 nitrogen and oxygen atoms in total. The van der Waals surface area contributed by atoms with Crippen LogP contribution in [0, 0.1) is 0 Å². The van der Waals surface area contributed by atoms with Gasteiger partial charge in [-0.3, -0.25) is 0 Å². The molecule has 0 fully saturated rings. The number of nitrogens with zero attached hydrogens (tertiary/aromatic N) is 2. The van der Waals surface area contributed by atoms with Crippen molar-refractivity contribution in [2.24, 2.45) is 0 Å². The standard InChI is InChI=1S/C7H13N5/c1-12(2)11-6-4-3-5(8)7(9)10-6/h3-4H,8H2,1-2H3,(H3,9,10,11). The van der Waals surface area contributed by atoms with Gasteiger partial charge in [0.1, 0.15) is 11.6 Å². The monoisotopic (exact) mass is 167 g/mol. The first-order valence-corrected chi connectivity index (χ1v) is 3.55. The Balaban J connectivity index is 2.82. The highest BCUT2D eigenvalue weighted by atomic mass is 15.5. The smallest absolute Gasteiger partial charge is 0.149 e. The zero-order valence-electron chi connectivity index (χ0n) is 7.20. The zero-order valence-corrected chi connectivity index (χ0v) is 7.20. The average Bonchev–Trinajstić information content (AvgIpc) is 1.96. The van der Waals surface area contributed by atoms with Crippen LogP contribution in [0.3, 0.4) is 0 Å². The Labute approximate surface area is 71.3 Å². The normalized spacial score (nSPS) is 10.2. The van der Waals surface area contributed by atoms with E-state index < -0.39 is 0 Å². The van der Waals surface area contributed by atoms with Gasteiger partial charge in [-0.25, -0.2) is 9.99 Å². The highest BCUT2D eigenvalue weighted by Crippen LogP contribution is 2.14. The molecule has 1 heterocycles. The molecule has 1 aromatic rings. The van der Waals surface area contributed by atoms with Crippen molar-refractivity contribution < 1.29 is 0 Å². The number of hydrogen-bond acceptors (Lipinski definition) is 5. The van der Waals surface area contributed by atoms with Crippen LogP contribution >= 0.6 is 0 Å². The number of hydrazine groups is 1. The van der Waals surface area contributed by atoms with Crippen LogP contribution in [-0.4, -0.2) is 24.1 Å². The average molecular weight is 167 g/mol. The maximum atomic E-state index is 5.50. The van der Waals surface area contributed by atoms with Gasteiger partial charge in [0.25, 0.3) is 0 Å². The highest BCUT2D eigenvalue weighted by molar-refractivity contribution is 5.61. The molecule has 0 amide bonds. The molecule has 0 atom stereocenters. The summed E-state index contributed by atoms with van der Waals surface area (Å²) in [6.45, 7) is 0. The lowest BCUT2D eigenvalue weighted by Gasteiger charge is -2.12. The molecule has 12 heavy (non-hydrogen) atoms. The van der Waals surface area contributed by atoms with Gasteiger partial charge in [-0.1, -0.05) is 0 Å². The molecule has 0 aliphatic rings. The lowest BCUT2D eigenvalue weighted by molar-refractivity contribution is 0.492. The van der Waals surface area contributed by atoms with Gasteiger partial charge in [-0.05, 0) is 12.1 Å². The number of hydrogen-bond donors (Lipinski definition) is 3. The summed E-state index contributed by atoms with van der Waals surface area (Å²) in [6, 6.07) is 3.49. The number of nitrogen functional groups attached to an aromatic ring is 2. The van der Waals surface area contributed by atoms with E-state index in [9.17, 15) is 0 Å². The Kier molecular flexibility index (Phi) is 2.35. The third-order valence-corrected chi connectivity index (χ3v) is 1.30. The van der Waals surface area contributed by atoms with Crippen molar-refractivity contribution in [1.29, 1.82) is 0 Å². The second kappa shape index (κ2) is 3.27. The second-order valence-electron chi connectivity index (χ2n) is 2.68. The lowest BCUT2D eigenvalue weighted by atomic mass is 10.4. The maximum absolute atomic E-state index is 5.50. The third kappa shape index (κ3) is 2.00. The first-order chi connectivity index (χ1) is 5.59. The Morgan fingerprint density at radius 1 is 1.33 bits per heavy atom. The zero-order chi connectivity index (χ0) is 9.14. The van der Waals surface area contributed by atoms with Crippen molar-refractivity contribution >= 4 is 17.3 Å². The van der Waals surface area contributed by atoms with Crippen molar-refractivity contribution in [1.82, 2.24) is 9.99 Å². The van der Waals surface area contributed by atoms with Gasteiger partial charge >= 0.3 is 0 Å². The number of aromatic nitrogens is 1. The van der Waals surface area contributed by atoms with E-state index in [0.717, 1.165) is 0 Å². The Morgan fingerprint density at radius 2 is 2.00 bits per heavy atom. The largest absolute Gasteiger partial charge is 0.396 e. The topological polar surface area (TPSA) is 80.2 Å². The van der Waals surface area contributed by atoms with Crippen LogP contribution in [0.4, 0.5) is 17.3 Å². The molecular weight excluding hydrogens is 154 g/mol. The number of anilines is 3. The summed E-state index contributed by atoms with van der Waals surface area (Å²) >= 11 is 0. The van der Waals surface area contributed by atoms with Gasteiger partial charge in [0.05, 0.1) is 5.69 Å². The van der Waals surface area contributed by atoms with Crippen LogP contribution in [0.1, 0.15) is 0 Å². The molecule has 5 N–H and O–H groups in total. The molecule has 0 aromatic carbocycles. The minimum absolute atomic E-state index is 0.349. The number of pyridine rings is 1. The Hall–Kier alpha value is -1.49. The van der Waals surface area contributed by atoms with Crippen LogP contribution in [0.5, 0.6) is 0 Å². The fraction of sp³-hybridized carbons (Fsp3) is 0.286. The molecule has 0 saturated heterocycles. The molecular formula is C7H13N5. The predicted octanol–water partition coefficient (Wildman–Crippen LogP) is 0.135. The molecule has 0 bridgehead atoms. The van der Waals surface area contributed by atoms with Crippen molar-refractivity contribution in [3.8, 4) is 0 Å². The van der Waals surface area contributed by atoms with Gasteiger partial charge in [0.15, 0.2) is 0 Å². The first kappa shape index (κ1) is 8.61. The molecule has 0 aliphatic heterocycles. The summed E-state index contributed by atoms with van der Waals surface area (Å²) in [5, 5.41) is 1.78. The van der Waals surface area contributed by atoms with Crippen molar-refractivity contribution in [3.63, 3.8) is 0 Å². The molecule has 0 radical (unpaired) electrons. The van der Waals surface area contributed by atoms with Crippen molar-refractivity contribution in [3.05, 3.63) is 12.1 Å². The molecule has 1 aromatic heterocycles. The maximum Gasteiger partial charge on any atom is 0.149 e. The van der Waals surface area contributed by atoms with E-state index in [1.54, 1.807) is 17.1 Å². The highest BCUT2D eigenvalue weighted by Gasteiger charge is 1.98. The molecule has 0 spiro atoms. The molecule has 0 unspecified atom stereocenters. The summed E-state index contributed by atoms with van der Waals surface area (Å²) < 4.78 is 0.